The quantitative estimate of drug-likeness (QED) is 0.370. The van der Waals surface area contributed by atoms with Gasteiger partial charge in [0.15, 0.2) is 17.5 Å². The van der Waals surface area contributed by atoms with Crippen molar-refractivity contribution in [2.75, 3.05) is 20.3 Å². The number of hydrogen-bond acceptors (Lipinski definition) is 4. The first-order valence-electron chi connectivity index (χ1n) is 11.0. The predicted octanol–water partition coefficient (Wildman–Crippen LogP) is 4.16. The molecule has 0 saturated carbocycles. The first-order valence-corrected chi connectivity index (χ1v) is 11.0. The summed E-state index contributed by atoms with van der Waals surface area (Å²) in [5, 5.41) is 6.84. The van der Waals surface area contributed by atoms with Gasteiger partial charge in [-0.2, -0.15) is 0 Å². The summed E-state index contributed by atoms with van der Waals surface area (Å²) in [6.07, 6.45) is 5.59. The van der Waals surface area contributed by atoms with E-state index >= 15 is 0 Å². The predicted molar refractivity (Wildman–Crippen MR) is 128 cm³/mol. The average molecular weight is 436 g/mol. The van der Waals surface area contributed by atoms with Crippen LogP contribution in [0.2, 0.25) is 0 Å². The Balaban J connectivity index is 1.56. The molecule has 1 aromatic heterocycles. The standard InChI is InChI=1S/C25H33N5O2/c1-5-31-23-12-11-22(15-24(23)32-6-2)19(3)29-25(26-4)28-16-20-7-9-21(10-8-20)17-30-14-13-27-18-30/h7-15,18-19H,5-6,16-17H2,1-4H3,(H2,26,28,29). The molecule has 0 bridgehead atoms. The van der Waals surface area contributed by atoms with Gasteiger partial charge in [-0.15, -0.1) is 0 Å². The van der Waals surface area contributed by atoms with E-state index in [0.717, 1.165) is 29.6 Å². The molecule has 0 fully saturated rings. The van der Waals surface area contributed by atoms with E-state index in [4.69, 9.17) is 9.47 Å². The molecule has 2 aromatic carbocycles. The van der Waals surface area contributed by atoms with Crippen LogP contribution in [-0.4, -0.2) is 35.8 Å². The number of imidazole rings is 1. The topological polar surface area (TPSA) is 72.7 Å². The molecule has 0 aliphatic rings. The lowest BCUT2D eigenvalue weighted by molar-refractivity contribution is 0.287. The number of hydrogen-bond donors (Lipinski definition) is 2. The van der Waals surface area contributed by atoms with E-state index < -0.39 is 0 Å². The van der Waals surface area contributed by atoms with Crippen molar-refractivity contribution >= 4 is 5.96 Å². The Morgan fingerprint density at radius 1 is 1.03 bits per heavy atom. The van der Waals surface area contributed by atoms with E-state index in [9.17, 15) is 0 Å². The van der Waals surface area contributed by atoms with Gasteiger partial charge in [0.2, 0.25) is 0 Å². The molecule has 170 valence electrons. The zero-order valence-electron chi connectivity index (χ0n) is 19.3. The monoisotopic (exact) mass is 435 g/mol. The van der Waals surface area contributed by atoms with Crippen molar-refractivity contribution in [3.05, 3.63) is 77.9 Å². The van der Waals surface area contributed by atoms with Crippen molar-refractivity contribution < 1.29 is 9.47 Å². The second kappa shape index (κ2) is 11.8. The van der Waals surface area contributed by atoms with Crippen LogP contribution in [-0.2, 0) is 13.1 Å². The first kappa shape index (κ1) is 23.2. The summed E-state index contributed by atoms with van der Waals surface area (Å²) in [6, 6.07) is 14.6. The largest absolute Gasteiger partial charge is 0.490 e. The fourth-order valence-electron chi connectivity index (χ4n) is 3.36. The smallest absolute Gasteiger partial charge is 0.191 e. The van der Waals surface area contributed by atoms with E-state index in [2.05, 4.69) is 62.4 Å². The lowest BCUT2D eigenvalue weighted by Gasteiger charge is -2.20. The van der Waals surface area contributed by atoms with Crippen molar-refractivity contribution in [2.45, 2.75) is 39.9 Å². The number of nitrogens with zero attached hydrogens (tertiary/aromatic N) is 3. The summed E-state index contributed by atoms with van der Waals surface area (Å²) in [6.45, 7) is 8.75. The fraction of sp³-hybridized carbons (Fsp3) is 0.360. The number of aromatic nitrogens is 2. The molecule has 0 amide bonds. The van der Waals surface area contributed by atoms with E-state index in [1.165, 1.54) is 11.1 Å². The normalized spacial score (nSPS) is 12.3. The number of benzene rings is 2. The van der Waals surface area contributed by atoms with Crippen LogP contribution in [0.5, 0.6) is 11.5 Å². The number of ether oxygens (including phenoxy) is 2. The van der Waals surface area contributed by atoms with Crippen molar-refractivity contribution in [3.8, 4) is 11.5 Å². The van der Waals surface area contributed by atoms with Crippen LogP contribution in [0.1, 0.15) is 43.5 Å². The number of nitrogens with one attached hydrogen (secondary N) is 2. The Bertz CT molecular complexity index is 984. The third-order valence-electron chi connectivity index (χ3n) is 5.05. The minimum absolute atomic E-state index is 0.0497. The number of aliphatic imine (C=N–C) groups is 1. The van der Waals surface area contributed by atoms with Gasteiger partial charge in [-0.1, -0.05) is 30.3 Å². The van der Waals surface area contributed by atoms with Gasteiger partial charge in [0.05, 0.1) is 25.6 Å². The minimum atomic E-state index is 0.0497. The van der Waals surface area contributed by atoms with E-state index in [1.807, 2.05) is 38.5 Å². The molecule has 0 radical (unpaired) electrons. The zero-order valence-corrected chi connectivity index (χ0v) is 19.3. The molecule has 0 aliphatic heterocycles. The SMILES string of the molecule is CCOc1ccc(C(C)NC(=NC)NCc2ccc(Cn3ccnc3)cc2)cc1OCC. The summed E-state index contributed by atoms with van der Waals surface area (Å²) < 4.78 is 13.5. The van der Waals surface area contributed by atoms with Crippen LogP contribution >= 0.6 is 0 Å². The van der Waals surface area contributed by atoms with Crippen LogP contribution in [0.4, 0.5) is 0 Å². The maximum atomic E-state index is 5.76. The second-order valence-electron chi connectivity index (χ2n) is 7.42. The Hall–Kier alpha value is -3.48. The highest BCUT2D eigenvalue weighted by Crippen LogP contribution is 2.30. The van der Waals surface area contributed by atoms with E-state index in [-0.39, 0.29) is 6.04 Å². The minimum Gasteiger partial charge on any atom is -0.490 e. The lowest BCUT2D eigenvalue weighted by atomic mass is 10.1. The summed E-state index contributed by atoms with van der Waals surface area (Å²) >= 11 is 0. The van der Waals surface area contributed by atoms with Gasteiger partial charge in [-0.3, -0.25) is 4.99 Å². The van der Waals surface area contributed by atoms with Crippen LogP contribution < -0.4 is 20.1 Å². The molecule has 0 spiro atoms. The van der Waals surface area contributed by atoms with Crippen molar-refractivity contribution in [3.63, 3.8) is 0 Å². The molecule has 0 saturated heterocycles. The highest BCUT2D eigenvalue weighted by Gasteiger charge is 2.12. The van der Waals surface area contributed by atoms with Crippen LogP contribution in [0.25, 0.3) is 0 Å². The summed E-state index contributed by atoms with van der Waals surface area (Å²) in [5.74, 6) is 2.27. The van der Waals surface area contributed by atoms with Gasteiger partial charge in [-0.05, 0) is 49.6 Å². The molecule has 1 heterocycles. The van der Waals surface area contributed by atoms with Crippen molar-refractivity contribution in [1.29, 1.82) is 0 Å². The Morgan fingerprint density at radius 3 is 2.41 bits per heavy atom. The zero-order chi connectivity index (χ0) is 22.8. The van der Waals surface area contributed by atoms with Gasteiger partial charge in [0.1, 0.15) is 0 Å². The maximum Gasteiger partial charge on any atom is 0.191 e. The Kier molecular flexibility index (Phi) is 8.54. The summed E-state index contributed by atoms with van der Waals surface area (Å²) in [5.41, 5.74) is 3.53. The molecular formula is C25H33N5O2. The van der Waals surface area contributed by atoms with Gasteiger partial charge in [0, 0.05) is 32.5 Å². The molecule has 32 heavy (non-hydrogen) atoms. The van der Waals surface area contributed by atoms with Crippen molar-refractivity contribution in [1.82, 2.24) is 20.2 Å². The van der Waals surface area contributed by atoms with Gasteiger partial charge >= 0.3 is 0 Å². The van der Waals surface area contributed by atoms with Crippen LogP contribution in [0.3, 0.4) is 0 Å². The molecule has 0 aliphatic carbocycles. The summed E-state index contributed by atoms with van der Waals surface area (Å²) in [7, 11) is 1.78. The van der Waals surface area contributed by atoms with Crippen molar-refractivity contribution in [2.24, 2.45) is 4.99 Å². The Morgan fingerprint density at radius 2 is 1.75 bits per heavy atom. The molecule has 3 rings (SSSR count). The van der Waals surface area contributed by atoms with Gasteiger partial charge in [0.25, 0.3) is 0 Å². The molecule has 1 unspecified atom stereocenters. The molecule has 7 heteroatoms. The average Bonchev–Trinajstić information content (AvgIpc) is 3.32. The third kappa shape index (κ3) is 6.51. The molecule has 3 aromatic rings. The highest BCUT2D eigenvalue weighted by molar-refractivity contribution is 5.80. The third-order valence-corrected chi connectivity index (χ3v) is 5.05. The first-order chi connectivity index (χ1) is 15.6. The van der Waals surface area contributed by atoms with Gasteiger partial charge < -0.3 is 24.7 Å². The Labute approximate surface area is 190 Å². The summed E-state index contributed by atoms with van der Waals surface area (Å²) in [4.78, 5) is 8.46. The van der Waals surface area contributed by atoms with Crippen LogP contribution in [0.15, 0.2) is 66.2 Å². The molecule has 1 atom stereocenters. The fourth-order valence-corrected chi connectivity index (χ4v) is 3.36. The highest BCUT2D eigenvalue weighted by atomic mass is 16.5. The van der Waals surface area contributed by atoms with Crippen LogP contribution in [0, 0.1) is 0 Å². The lowest BCUT2D eigenvalue weighted by Crippen LogP contribution is -2.38. The molecular weight excluding hydrogens is 402 g/mol. The number of rotatable bonds is 10. The molecule has 2 N–H and O–H groups in total. The second-order valence-corrected chi connectivity index (χ2v) is 7.42. The van der Waals surface area contributed by atoms with E-state index in [1.54, 1.807) is 13.2 Å². The van der Waals surface area contributed by atoms with E-state index in [0.29, 0.717) is 19.8 Å². The molecule has 7 nitrogen and oxygen atoms in total. The maximum absolute atomic E-state index is 5.76. The number of guanidine groups is 1. The van der Waals surface area contributed by atoms with Gasteiger partial charge in [-0.25, -0.2) is 4.98 Å².